The molecule has 3 N–H and O–H groups in total. The summed E-state index contributed by atoms with van der Waals surface area (Å²) in [7, 11) is 0. The van der Waals surface area contributed by atoms with E-state index in [1.165, 1.54) is 19.4 Å². The van der Waals surface area contributed by atoms with E-state index >= 15 is 0 Å². The number of guanidine groups is 1. The van der Waals surface area contributed by atoms with E-state index in [0.29, 0.717) is 18.5 Å². The van der Waals surface area contributed by atoms with Crippen LogP contribution in [0.3, 0.4) is 0 Å². The standard InChI is InChI=1S/C17H29N5O2.HI/c1-3-18-17(20-11-14-7-5-9-22(14)4-2)21-13-16(23)19-12-15-8-6-10-24-15;/h6,8,10,14H,3-5,7,9,11-13H2,1-2H3,(H,19,23)(H2,18,20,21);1H. The summed E-state index contributed by atoms with van der Waals surface area (Å²) in [6.45, 7) is 8.57. The molecular formula is C17H30IN5O2. The Labute approximate surface area is 167 Å². The molecular weight excluding hydrogens is 433 g/mol. The van der Waals surface area contributed by atoms with Crippen LogP contribution < -0.4 is 16.0 Å². The largest absolute Gasteiger partial charge is 0.467 e. The molecule has 1 atom stereocenters. The summed E-state index contributed by atoms with van der Waals surface area (Å²) < 4.78 is 5.18. The van der Waals surface area contributed by atoms with Crippen molar-refractivity contribution in [3.05, 3.63) is 24.2 Å². The van der Waals surface area contributed by atoms with Crippen molar-refractivity contribution in [2.24, 2.45) is 4.99 Å². The zero-order chi connectivity index (χ0) is 17.2. The molecule has 0 radical (unpaired) electrons. The van der Waals surface area contributed by atoms with E-state index in [1.807, 2.05) is 13.0 Å². The van der Waals surface area contributed by atoms with Crippen LogP contribution in [0.4, 0.5) is 0 Å². The molecule has 2 rings (SSSR count). The van der Waals surface area contributed by atoms with Crippen molar-refractivity contribution in [2.45, 2.75) is 39.3 Å². The highest BCUT2D eigenvalue weighted by atomic mass is 127. The molecule has 1 fully saturated rings. The number of nitrogens with one attached hydrogen (secondary N) is 3. The van der Waals surface area contributed by atoms with E-state index in [0.717, 1.165) is 25.4 Å². The second-order valence-corrected chi connectivity index (χ2v) is 5.86. The molecule has 25 heavy (non-hydrogen) atoms. The Morgan fingerprint density at radius 3 is 2.88 bits per heavy atom. The Morgan fingerprint density at radius 1 is 1.36 bits per heavy atom. The monoisotopic (exact) mass is 463 g/mol. The summed E-state index contributed by atoms with van der Waals surface area (Å²) >= 11 is 0. The van der Waals surface area contributed by atoms with E-state index < -0.39 is 0 Å². The number of furan rings is 1. The number of carbonyl (C=O) groups is 1. The van der Waals surface area contributed by atoms with Crippen molar-refractivity contribution in [2.75, 3.05) is 32.7 Å². The zero-order valence-corrected chi connectivity index (χ0v) is 17.4. The van der Waals surface area contributed by atoms with E-state index in [1.54, 1.807) is 12.3 Å². The molecule has 1 aliphatic rings. The van der Waals surface area contributed by atoms with Crippen LogP contribution in [-0.4, -0.2) is 55.5 Å². The number of rotatable bonds is 8. The van der Waals surface area contributed by atoms with Gasteiger partial charge in [-0.1, -0.05) is 6.92 Å². The first-order chi connectivity index (χ1) is 11.7. The number of aliphatic imine (C=N–C) groups is 1. The Morgan fingerprint density at radius 2 is 2.20 bits per heavy atom. The lowest BCUT2D eigenvalue weighted by atomic mass is 10.2. The van der Waals surface area contributed by atoms with Crippen LogP contribution in [0.15, 0.2) is 27.8 Å². The van der Waals surface area contributed by atoms with Gasteiger partial charge >= 0.3 is 0 Å². The average Bonchev–Trinajstić information content (AvgIpc) is 3.26. The van der Waals surface area contributed by atoms with Crippen LogP contribution in [0.5, 0.6) is 0 Å². The fourth-order valence-corrected chi connectivity index (χ4v) is 2.90. The lowest BCUT2D eigenvalue weighted by molar-refractivity contribution is -0.119. The maximum atomic E-state index is 11.9. The molecule has 1 aromatic heterocycles. The lowest BCUT2D eigenvalue weighted by Crippen LogP contribution is -2.45. The van der Waals surface area contributed by atoms with Gasteiger partial charge in [-0.05, 0) is 45.0 Å². The number of amides is 1. The first-order valence-corrected chi connectivity index (χ1v) is 8.78. The minimum Gasteiger partial charge on any atom is -0.467 e. The molecule has 142 valence electrons. The Bertz CT molecular complexity index is 521. The summed E-state index contributed by atoms with van der Waals surface area (Å²) in [5.41, 5.74) is 0. The normalized spacial score (nSPS) is 17.8. The van der Waals surface area contributed by atoms with Gasteiger partial charge in [0.2, 0.25) is 5.91 Å². The molecule has 0 aliphatic carbocycles. The number of likely N-dealkylation sites (N-methyl/N-ethyl adjacent to an activating group) is 1. The first kappa shape index (κ1) is 21.8. The number of hydrogen-bond donors (Lipinski definition) is 3. The number of nitrogens with zero attached hydrogens (tertiary/aromatic N) is 2. The van der Waals surface area contributed by atoms with Gasteiger partial charge in [0.25, 0.3) is 0 Å². The molecule has 1 unspecified atom stereocenters. The number of likely N-dealkylation sites (tertiary alicyclic amines) is 1. The van der Waals surface area contributed by atoms with Crippen molar-refractivity contribution >= 4 is 35.8 Å². The van der Waals surface area contributed by atoms with Gasteiger partial charge in [0, 0.05) is 19.1 Å². The molecule has 1 amide bonds. The Kier molecular flexibility index (Phi) is 10.6. The van der Waals surface area contributed by atoms with Gasteiger partial charge < -0.3 is 20.4 Å². The molecule has 2 heterocycles. The van der Waals surface area contributed by atoms with Gasteiger partial charge in [-0.25, -0.2) is 4.99 Å². The third-order valence-corrected chi connectivity index (χ3v) is 4.18. The Hall–Kier alpha value is -1.29. The number of hydrogen-bond acceptors (Lipinski definition) is 4. The molecule has 1 aromatic rings. The molecule has 0 aromatic carbocycles. The quantitative estimate of drug-likeness (QED) is 0.310. The SMILES string of the molecule is CCNC(=NCC(=O)NCc1ccco1)NCC1CCCN1CC.I. The molecule has 0 saturated carbocycles. The van der Waals surface area contributed by atoms with Crippen LogP contribution in [0.2, 0.25) is 0 Å². The minimum absolute atomic E-state index is 0. The van der Waals surface area contributed by atoms with Crippen LogP contribution >= 0.6 is 24.0 Å². The fourth-order valence-electron chi connectivity index (χ4n) is 2.90. The van der Waals surface area contributed by atoms with Crippen LogP contribution in [0.25, 0.3) is 0 Å². The topological polar surface area (TPSA) is 81.9 Å². The maximum absolute atomic E-state index is 11.9. The van der Waals surface area contributed by atoms with Gasteiger partial charge in [0.15, 0.2) is 5.96 Å². The smallest absolute Gasteiger partial charge is 0.242 e. The van der Waals surface area contributed by atoms with Crippen molar-refractivity contribution in [1.82, 2.24) is 20.9 Å². The van der Waals surface area contributed by atoms with Gasteiger partial charge in [-0.3, -0.25) is 9.69 Å². The molecule has 0 spiro atoms. The predicted molar refractivity (Wildman–Crippen MR) is 110 cm³/mol. The molecule has 1 saturated heterocycles. The number of halogens is 1. The second-order valence-electron chi connectivity index (χ2n) is 5.86. The van der Waals surface area contributed by atoms with Crippen molar-refractivity contribution in [1.29, 1.82) is 0 Å². The van der Waals surface area contributed by atoms with E-state index in [4.69, 9.17) is 4.42 Å². The summed E-state index contributed by atoms with van der Waals surface area (Å²) in [6.07, 6.45) is 4.06. The van der Waals surface area contributed by atoms with Crippen molar-refractivity contribution in [3.63, 3.8) is 0 Å². The summed E-state index contributed by atoms with van der Waals surface area (Å²) in [5, 5.41) is 9.33. The van der Waals surface area contributed by atoms with E-state index in [-0.39, 0.29) is 36.4 Å². The van der Waals surface area contributed by atoms with Gasteiger partial charge in [-0.2, -0.15) is 0 Å². The number of carbonyl (C=O) groups excluding carboxylic acids is 1. The van der Waals surface area contributed by atoms with E-state index in [9.17, 15) is 4.79 Å². The van der Waals surface area contributed by atoms with Crippen molar-refractivity contribution in [3.8, 4) is 0 Å². The average molecular weight is 463 g/mol. The minimum atomic E-state index is -0.125. The molecule has 0 bridgehead atoms. The Balaban J connectivity index is 0.00000312. The molecule has 1 aliphatic heterocycles. The van der Waals surface area contributed by atoms with Gasteiger partial charge in [0.05, 0.1) is 12.8 Å². The van der Waals surface area contributed by atoms with Crippen molar-refractivity contribution < 1.29 is 9.21 Å². The summed E-state index contributed by atoms with van der Waals surface area (Å²) in [4.78, 5) is 18.7. The highest BCUT2D eigenvalue weighted by molar-refractivity contribution is 14.0. The molecule has 7 nitrogen and oxygen atoms in total. The summed E-state index contributed by atoms with van der Waals surface area (Å²) in [5.74, 6) is 1.30. The highest BCUT2D eigenvalue weighted by Gasteiger charge is 2.22. The zero-order valence-electron chi connectivity index (χ0n) is 15.1. The molecule has 8 heteroatoms. The van der Waals surface area contributed by atoms with Gasteiger partial charge in [0.1, 0.15) is 12.3 Å². The third-order valence-electron chi connectivity index (χ3n) is 4.18. The highest BCUT2D eigenvalue weighted by Crippen LogP contribution is 2.15. The van der Waals surface area contributed by atoms with Crippen LogP contribution in [0, 0.1) is 0 Å². The van der Waals surface area contributed by atoms with Crippen LogP contribution in [0.1, 0.15) is 32.4 Å². The predicted octanol–water partition coefficient (Wildman–Crippen LogP) is 1.55. The summed E-state index contributed by atoms with van der Waals surface area (Å²) in [6, 6.07) is 4.18. The maximum Gasteiger partial charge on any atom is 0.242 e. The second kappa shape index (κ2) is 12.1. The van der Waals surface area contributed by atoms with Crippen LogP contribution in [-0.2, 0) is 11.3 Å². The van der Waals surface area contributed by atoms with Gasteiger partial charge in [-0.15, -0.1) is 24.0 Å². The fraction of sp³-hybridized carbons (Fsp3) is 0.647. The third kappa shape index (κ3) is 7.64. The lowest BCUT2D eigenvalue weighted by Gasteiger charge is -2.23. The van der Waals surface area contributed by atoms with E-state index in [2.05, 4.69) is 32.8 Å². The first-order valence-electron chi connectivity index (χ1n) is 8.78.